The minimum atomic E-state index is -0.939. The first-order valence-electron chi connectivity index (χ1n) is 6.47. The van der Waals surface area contributed by atoms with Gasteiger partial charge in [0, 0.05) is 19.7 Å². The second kappa shape index (κ2) is 5.18. The molecule has 0 aromatic carbocycles. The molecule has 1 aromatic rings. The summed E-state index contributed by atoms with van der Waals surface area (Å²) in [5.41, 5.74) is -1.01. The number of rotatable bonds is 2. The molecule has 1 saturated heterocycles. The average molecular weight is 393 g/mol. The molecule has 0 aliphatic carbocycles. The van der Waals surface area contributed by atoms with Gasteiger partial charge in [-0.25, -0.2) is 9.78 Å². The maximum atomic E-state index is 11.7. The molecule has 1 amide bonds. The number of nitrogens with zero attached hydrogens (tertiary/aromatic N) is 2. The summed E-state index contributed by atoms with van der Waals surface area (Å²) >= 11 is 2.12. The fourth-order valence-electron chi connectivity index (χ4n) is 3.06. The maximum Gasteiger partial charge on any atom is 0.408 e. The Morgan fingerprint density at radius 3 is 2.70 bits per heavy atom. The van der Waals surface area contributed by atoms with Gasteiger partial charge in [0.1, 0.15) is 15.1 Å². The van der Waals surface area contributed by atoms with Gasteiger partial charge in [0.25, 0.3) is 0 Å². The molecule has 112 valence electrons. The number of halogens is 1. The third-order valence-electron chi connectivity index (χ3n) is 4.11. The standard InChI is InChI=1S/C13H20IN3O3/c1-12(2,3)13(10-15-6-9(14)16-10)5-8(20-4)7-17(13)11(18)19/h6,8H,5,7H2,1-4H3,(H,15,16)(H,18,19)/t8-,13+/m0/s1. The van der Waals surface area contributed by atoms with E-state index in [1.807, 2.05) is 20.8 Å². The van der Waals surface area contributed by atoms with Crippen LogP contribution in [-0.2, 0) is 10.3 Å². The molecule has 0 radical (unpaired) electrons. The third-order valence-corrected chi connectivity index (χ3v) is 4.67. The Morgan fingerprint density at radius 1 is 1.65 bits per heavy atom. The summed E-state index contributed by atoms with van der Waals surface area (Å²) in [4.78, 5) is 20.8. The molecule has 1 fully saturated rings. The number of aromatic nitrogens is 2. The van der Waals surface area contributed by atoms with E-state index in [4.69, 9.17) is 4.74 Å². The monoisotopic (exact) mass is 393 g/mol. The molecule has 2 N–H and O–H groups in total. The van der Waals surface area contributed by atoms with Crippen molar-refractivity contribution in [1.82, 2.24) is 14.9 Å². The molecule has 1 aliphatic rings. The average Bonchev–Trinajstić information content (AvgIpc) is 2.91. The Labute approximate surface area is 132 Å². The van der Waals surface area contributed by atoms with Crippen molar-refractivity contribution in [3.63, 3.8) is 0 Å². The van der Waals surface area contributed by atoms with Gasteiger partial charge in [-0.15, -0.1) is 0 Å². The third kappa shape index (κ3) is 2.30. The number of carbonyl (C=O) groups is 1. The Morgan fingerprint density at radius 2 is 2.30 bits per heavy atom. The number of nitrogens with one attached hydrogen (secondary N) is 1. The molecule has 0 saturated carbocycles. The second-order valence-electron chi connectivity index (χ2n) is 6.14. The highest BCUT2D eigenvalue weighted by Gasteiger charge is 2.58. The van der Waals surface area contributed by atoms with Crippen LogP contribution < -0.4 is 0 Å². The van der Waals surface area contributed by atoms with Crippen molar-refractivity contribution in [3.8, 4) is 0 Å². The van der Waals surface area contributed by atoms with E-state index < -0.39 is 11.6 Å². The zero-order valence-corrected chi connectivity index (χ0v) is 14.3. The number of amides is 1. The van der Waals surface area contributed by atoms with Crippen LogP contribution in [0.3, 0.4) is 0 Å². The number of methoxy groups -OCH3 is 1. The summed E-state index contributed by atoms with van der Waals surface area (Å²) in [5.74, 6) is 0.691. The molecular formula is C13H20IN3O3. The summed E-state index contributed by atoms with van der Waals surface area (Å²) in [5, 5.41) is 9.62. The van der Waals surface area contributed by atoms with Crippen LogP contribution in [0.15, 0.2) is 6.20 Å². The largest absolute Gasteiger partial charge is 0.465 e. The van der Waals surface area contributed by atoms with Crippen molar-refractivity contribution in [3.05, 3.63) is 15.7 Å². The highest BCUT2D eigenvalue weighted by molar-refractivity contribution is 14.1. The molecule has 2 heterocycles. The predicted molar refractivity (Wildman–Crippen MR) is 82.6 cm³/mol. The van der Waals surface area contributed by atoms with E-state index in [1.165, 1.54) is 4.90 Å². The molecule has 6 nitrogen and oxygen atoms in total. The molecule has 0 unspecified atom stereocenters. The number of imidazole rings is 1. The normalized spacial score (nSPS) is 27.1. The summed E-state index contributed by atoms with van der Waals surface area (Å²) in [6.07, 6.45) is 1.34. The Hall–Kier alpha value is -0.830. The van der Waals surface area contributed by atoms with Gasteiger partial charge < -0.3 is 14.8 Å². The molecule has 1 aromatic heterocycles. The van der Waals surface area contributed by atoms with Gasteiger partial charge in [0.2, 0.25) is 0 Å². The molecule has 1 aliphatic heterocycles. The van der Waals surface area contributed by atoms with Crippen LogP contribution in [0, 0.1) is 9.12 Å². The number of aromatic amines is 1. The van der Waals surface area contributed by atoms with E-state index in [2.05, 4.69) is 32.6 Å². The first-order valence-corrected chi connectivity index (χ1v) is 7.55. The van der Waals surface area contributed by atoms with Crippen LogP contribution in [0.1, 0.15) is 33.0 Å². The highest BCUT2D eigenvalue weighted by atomic mass is 127. The molecule has 2 atom stereocenters. The van der Waals surface area contributed by atoms with Gasteiger partial charge in [-0.2, -0.15) is 0 Å². The van der Waals surface area contributed by atoms with Crippen LogP contribution in [0.2, 0.25) is 0 Å². The van der Waals surface area contributed by atoms with Crippen LogP contribution in [0.5, 0.6) is 0 Å². The fraction of sp³-hybridized carbons (Fsp3) is 0.692. The van der Waals surface area contributed by atoms with Gasteiger partial charge in [-0.1, -0.05) is 20.8 Å². The first kappa shape index (κ1) is 15.6. The zero-order valence-electron chi connectivity index (χ0n) is 12.1. The zero-order chi connectivity index (χ0) is 15.1. The highest BCUT2D eigenvalue weighted by Crippen LogP contribution is 2.50. The summed E-state index contributed by atoms with van der Waals surface area (Å²) < 4.78 is 6.25. The minimum Gasteiger partial charge on any atom is -0.465 e. The second-order valence-corrected chi connectivity index (χ2v) is 7.24. The van der Waals surface area contributed by atoms with E-state index in [0.717, 1.165) is 3.70 Å². The number of likely N-dealkylation sites (tertiary alicyclic amines) is 1. The molecule has 0 bridgehead atoms. The Bertz CT molecular complexity index is 511. The van der Waals surface area contributed by atoms with Gasteiger partial charge in [0.05, 0.1) is 12.6 Å². The van der Waals surface area contributed by atoms with Crippen molar-refractivity contribution >= 4 is 28.7 Å². The molecule has 20 heavy (non-hydrogen) atoms. The van der Waals surface area contributed by atoms with E-state index in [1.54, 1.807) is 13.3 Å². The summed E-state index contributed by atoms with van der Waals surface area (Å²) in [7, 11) is 1.62. The number of hydrogen-bond acceptors (Lipinski definition) is 3. The SMILES string of the molecule is CO[C@@H]1CN(C(=O)O)[C@](c2nc(I)c[nH]2)(C(C)(C)C)C1. The van der Waals surface area contributed by atoms with Crippen molar-refractivity contribution in [2.45, 2.75) is 38.8 Å². The quantitative estimate of drug-likeness (QED) is 0.758. The van der Waals surface area contributed by atoms with Crippen LogP contribution in [0.25, 0.3) is 0 Å². The molecule has 2 rings (SSSR count). The van der Waals surface area contributed by atoms with Gasteiger partial charge >= 0.3 is 6.09 Å². The summed E-state index contributed by atoms with van der Waals surface area (Å²) in [6, 6.07) is 0. The Balaban J connectivity index is 2.59. The number of carboxylic acid groups (broad SMARTS) is 1. The van der Waals surface area contributed by atoms with Crippen molar-refractivity contribution in [1.29, 1.82) is 0 Å². The van der Waals surface area contributed by atoms with E-state index >= 15 is 0 Å². The number of hydrogen-bond donors (Lipinski definition) is 2. The summed E-state index contributed by atoms with van der Waals surface area (Å²) in [6.45, 7) is 6.48. The maximum absolute atomic E-state index is 11.7. The lowest BCUT2D eigenvalue weighted by Crippen LogP contribution is -2.53. The predicted octanol–water partition coefficient (Wildman–Crippen LogP) is 2.65. The van der Waals surface area contributed by atoms with E-state index in [-0.39, 0.29) is 11.5 Å². The lowest BCUT2D eigenvalue weighted by molar-refractivity contribution is 0.0205. The van der Waals surface area contributed by atoms with Crippen LogP contribution in [-0.4, -0.2) is 45.8 Å². The van der Waals surface area contributed by atoms with Crippen molar-refractivity contribution in [2.24, 2.45) is 5.41 Å². The topological polar surface area (TPSA) is 78.4 Å². The molecule has 7 heteroatoms. The van der Waals surface area contributed by atoms with E-state index in [9.17, 15) is 9.90 Å². The first-order chi connectivity index (χ1) is 9.22. The smallest absolute Gasteiger partial charge is 0.408 e. The number of H-pyrrole nitrogens is 1. The molecular weight excluding hydrogens is 373 g/mol. The fourth-order valence-corrected chi connectivity index (χ4v) is 3.46. The van der Waals surface area contributed by atoms with Crippen molar-refractivity contribution < 1.29 is 14.6 Å². The van der Waals surface area contributed by atoms with Crippen molar-refractivity contribution in [2.75, 3.05) is 13.7 Å². The van der Waals surface area contributed by atoms with E-state index in [0.29, 0.717) is 18.8 Å². The lowest BCUT2D eigenvalue weighted by Gasteiger charge is -2.45. The van der Waals surface area contributed by atoms with Crippen LogP contribution in [0.4, 0.5) is 4.79 Å². The van der Waals surface area contributed by atoms with Gasteiger partial charge in [0.15, 0.2) is 0 Å². The van der Waals surface area contributed by atoms with Gasteiger partial charge in [-0.3, -0.25) is 4.90 Å². The van der Waals surface area contributed by atoms with Gasteiger partial charge in [-0.05, 0) is 28.0 Å². The van der Waals surface area contributed by atoms with Crippen LogP contribution >= 0.6 is 22.6 Å². The molecule has 0 spiro atoms. The lowest BCUT2D eigenvalue weighted by atomic mass is 9.71. The number of ether oxygens (including phenoxy) is 1. The minimum absolute atomic E-state index is 0.118. The Kier molecular flexibility index (Phi) is 4.03.